The van der Waals surface area contributed by atoms with Crippen LogP contribution < -0.4 is 0 Å². The Bertz CT molecular complexity index is 20.5. The minimum absolute atomic E-state index is 1.25. The van der Waals surface area contributed by atoms with Crippen LogP contribution >= 0.6 is 0 Å². The van der Waals surface area contributed by atoms with E-state index in [1.165, 1.54) is 23.0 Å². The fraction of sp³-hybridized carbons (Fsp3) is 1.00. The van der Waals surface area contributed by atoms with Crippen molar-refractivity contribution in [2.75, 3.05) is 0 Å². The molecule has 8 heavy (non-hydrogen) atoms. The predicted molar refractivity (Wildman–Crippen MR) is 41.7 cm³/mol. The minimum atomic E-state index is 1.25. The molecular formula is C6H14Li2. The van der Waals surface area contributed by atoms with Gasteiger partial charge in [-0.25, -0.2) is 0 Å². The Labute approximate surface area is 72.2 Å². The molecule has 0 saturated heterocycles. The Balaban J connectivity index is 0. The molecule has 0 amide bonds. The zero-order chi connectivity index (χ0) is 6.83. The molecule has 0 nitrogen and oxygen atoms in total. The van der Waals surface area contributed by atoms with Crippen molar-refractivity contribution < 1.29 is 0 Å². The Kier molecular flexibility index (Phi) is 23.4. The Morgan fingerprint density at radius 3 is 1.50 bits per heavy atom. The summed E-state index contributed by atoms with van der Waals surface area (Å²) < 4.78 is 0. The average Bonchev–Trinajstić information content (AvgIpc) is 1.71. The monoisotopic (exact) mass is 100 g/mol. The van der Waals surface area contributed by atoms with Gasteiger partial charge in [0.05, 0.1) is 0 Å². The molecular weight excluding hydrogens is 85.9 g/mol. The van der Waals surface area contributed by atoms with Crippen LogP contribution in [0, 0.1) is 0 Å². The molecule has 0 fully saturated rings. The van der Waals surface area contributed by atoms with Crippen LogP contribution in [0.15, 0.2) is 0 Å². The molecule has 0 aromatic carbocycles. The second-order valence-corrected chi connectivity index (χ2v) is 2.06. The van der Waals surface area contributed by atoms with Crippen LogP contribution in [0.3, 0.4) is 0 Å². The van der Waals surface area contributed by atoms with Gasteiger partial charge in [0.1, 0.15) is 0 Å². The Morgan fingerprint density at radius 2 is 1.50 bits per heavy atom. The van der Waals surface area contributed by atoms with E-state index < -0.39 is 0 Å². The summed E-state index contributed by atoms with van der Waals surface area (Å²) in [6, 6.07) is 0. The van der Waals surface area contributed by atoms with E-state index >= 15 is 0 Å². The maximum atomic E-state index is 2.21. The molecule has 2 heteroatoms. The molecule has 0 saturated carbocycles. The topological polar surface area (TPSA) is 0 Å². The quantitative estimate of drug-likeness (QED) is 0.465. The molecule has 0 rings (SSSR count). The number of rotatable bonds is 2. The van der Waals surface area contributed by atoms with Crippen molar-refractivity contribution in [1.29, 1.82) is 0 Å². The first kappa shape index (κ1) is 11.9. The van der Waals surface area contributed by atoms with Gasteiger partial charge in [0.2, 0.25) is 0 Å². The van der Waals surface area contributed by atoms with Gasteiger partial charge < -0.3 is 0 Å². The summed E-state index contributed by atoms with van der Waals surface area (Å²) in [5.41, 5.74) is 0. The third-order valence-corrected chi connectivity index (χ3v) is 0.707. The van der Waals surface area contributed by atoms with E-state index in [-0.39, 0.29) is 0 Å². The summed E-state index contributed by atoms with van der Waals surface area (Å²) in [6.07, 6.45) is 2.73. The fourth-order valence-electron chi connectivity index (χ4n) is 0.354. The van der Waals surface area contributed by atoms with E-state index in [0.717, 1.165) is 0 Å². The SMILES string of the molecule is [Li][CH2]C.[Li][CH2]CCC. The molecule has 0 heterocycles. The van der Waals surface area contributed by atoms with Crippen molar-refractivity contribution in [3.05, 3.63) is 0 Å². The van der Waals surface area contributed by atoms with Gasteiger partial charge in [-0.3, -0.25) is 0 Å². The van der Waals surface area contributed by atoms with Crippen LogP contribution in [0.25, 0.3) is 0 Å². The van der Waals surface area contributed by atoms with Crippen LogP contribution in [0.4, 0.5) is 0 Å². The van der Waals surface area contributed by atoms with Crippen LogP contribution in [0.5, 0.6) is 0 Å². The van der Waals surface area contributed by atoms with Crippen molar-refractivity contribution in [1.82, 2.24) is 0 Å². The van der Waals surface area contributed by atoms with Gasteiger partial charge in [-0.1, -0.05) is 0 Å². The van der Waals surface area contributed by atoms with Crippen LogP contribution in [0.1, 0.15) is 26.7 Å². The van der Waals surface area contributed by atoms with Gasteiger partial charge in [-0.15, -0.1) is 0 Å². The molecule has 0 spiro atoms. The standard InChI is InChI=1S/C4H9.C2H5.2Li/c1-3-4-2;1-2;;/h1,3-4H2,2H3;1H2,2H3;;. The second-order valence-electron chi connectivity index (χ2n) is 2.06. The van der Waals surface area contributed by atoms with Crippen molar-refractivity contribution >= 4 is 35.4 Å². The van der Waals surface area contributed by atoms with Gasteiger partial charge in [0.15, 0.2) is 0 Å². The first-order valence-corrected chi connectivity index (χ1v) is 3.83. The Hall–Kier alpha value is 1.19. The van der Waals surface area contributed by atoms with Crippen molar-refractivity contribution in [2.24, 2.45) is 0 Å². The summed E-state index contributed by atoms with van der Waals surface area (Å²) in [7, 11) is 0. The number of unbranched alkanes of at least 4 members (excludes halogenated alkanes) is 1. The van der Waals surface area contributed by atoms with Crippen molar-refractivity contribution in [3.8, 4) is 0 Å². The van der Waals surface area contributed by atoms with Gasteiger partial charge in [0.25, 0.3) is 0 Å². The van der Waals surface area contributed by atoms with E-state index in [2.05, 4.69) is 49.3 Å². The summed E-state index contributed by atoms with van der Waals surface area (Å²) >= 11 is 4.34. The van der Waals surface area contributed by atoms with Crippen LogP contribution in [0.2, 0.25) is 10.2 Å². The zero-order valence-corrected chi connectivity index (χ0v) is 6.83. The molecule has 0 aromatic rings. The summed E-state index contributed by atoms with van der Waals surface area (Å²) in [6.45, 7) is 4.34. The second kappa shape index (κ2) is 15.7. The number of hydrogen-bond donors (Lipinski definition) is 0. The Morgan fingerprint density at radius 1 is 1.12 bits per heavy atom. The third-order valence-electron chi connectivity index (χ3n) is 0.707. The predicted octanol–water partition coefficient (Wildman–Crippen LogP) is 1.97. The molecule has 0 aliphatic carbocycles. The van der Waals surface area contributed by atoms with Gasteiger partial charge >= 0.3 is 72.3 Å². The van der Waals surface area contributed by atoms with Crippen molar-refractivity contribution in [3.63, 3.8) is 0 Å². The molecule has 0 N–H and O–H groups in total. The van der Waals surface area contributed by atoms with E-state index in [9.17, 15) is 0 Å². The normalized spacial score (nSPS) is 7.75. The molecule has 0 unspecified atom stereocenters. The molecule has 0 aliphatic heterocycles. The third kappa shape index (κ3) is 27.1. The van der Waals surface area contributed by atoms with E-state index in [1.807, 2.05) is 0 Å². The number of hydrogen-bond acceptors (Lipinski definition) is 0. The molecule has 40 valence electrons. The van der Waals surface area contributed by atoms with Crippen molar-refractivity contribution in [2.45, 2.75) is 36.9 Å². The summed E-state index contributed by atoms with van der Waals surface area (Å²) in [5.74, 6) is 0. The van der Waals surface area contributed by atoms with Crippen LogP contribution in [-0.4, -0.2) is 35.4 Å². The van der Waals surface area contributed by atoms with Gasteiger partial charge in [-0.05, 0) is 0 Å². The van der Waals surface area contributed by atoms with Crippen LogP contribution in [-0.2, 0) is 0 Å². The van der Waals surface area contributed by atoms with E-state index in [1.54, 1.807) is 0 Å². The van der Waals surface area contributed by atoms with Gasteiger partial charge in [-0.2, -0.15) is 0 Å². The zero-order valence-electron chi connectivity index (χ0n) is 6.83. The van der Waals surface area contributed by atoms with E-state index in [0.29, 0.717) is 0 Å². The fourth-order valence-corrected chi connectivity index (χ4v) is 0.354. The first-order valence-electron chi connectivity index (χ1n) is 3.83. The maximum absolute atomic E-state index is 2.21. The first-order chi connectivity index (χ1) is 3.83. The molecule has 0 atom stereocenters. The van der Waals surface area contributed by atoms with E-state index in [4.69, 9.17) is 0 Å². The molecule has 0 radical (unpaired) electrons. The summed E-state index contributed by atoms with van der Waals surface area (Å²) in [4.78, 5) is 0. The molecule has 0 aromatic heterocycles. The van der Waals surface area contributed by atoms with Gasteiger partial charge in [0, 0.05) is 0 Å². The average molecular weight is 100 g/mol. The molecule has 0 bridgehead atoms. The molecule has 0 aliphatic rings. The summed E-state index contributed by atoms with van der Waals surface area (Å²) in [5, 5.41) is 2.59.